The molecule has 160 valence electrons. The summed E-state index contributed by atoms with van der Waals surface area (Å²) in [7, 11) is 0. The summed E-state index contributed by atoms with van der Waals surface area (Å²) in [5.41, 5.74) is 2.92. The predicted molar refractivity (Wildman–Crippen MR) is 114 cm³/mol. The summed E-state index contributed by atoms with van der Waals surface area (Å²) in [6.45, 7) is 6.29. The Labute approximate surface area is 179 Å². The summed E-state index contributed by atoms with van der Waals surface area (Å²) in [5.74, 6) is -0.206. The van der Waals surface area contributed by atoms with E-state index in [2.05, 4.69) is 15.4 Å². The van der Waals surface area contributed by atoms with Crippen LogP contribution in [0.15, 0.2) is 48.8 Å². The van der Waals surface area contributed by atoms with Crippen LogP contribution in [0.2, 0.25) is 0 Å². The van der Waals surface area contributed by atoms with E-state index in [0.29, 0.717) is 24.5 Å². The van der Waals surface area contributed by atoms with Crippen LogP contribution in [0, 0.1) is 5.82 Å². The fourth-order valence-corrected chi connectivity index (χ4v) is 3.70. The summed E-state index contributed by atoms with van der Waals surface area (Å²) in [6.07, 6.45) is 1.69. The van der Waals surface area contributed by atoms with Crippen molar-refractivity contribution in [3.05, 3.63) is 77.1 Å². The van der Waals surface area contributed by atoms with Gasteiger partial charge in [0, 0.05) is 37.3 Å². The zero-order chi connectivity index (χ0) is 22.1. The topological polar surface area (TPSA) is 80.1 Å². The van der Waals surface area contributed by atoms with Crippen molar-refractivity contribution in [1.29, 1.82) is 0 Å². The van der Waals surface area contributed by atoms with E-state index in [1.807, 2.05) is 13.8 Å². The van der Waals surface area contributed by atoms with Crippen LogP contribution >= 0.6 is 0 Å². The number of hydrogen-bond donors (Lipinski definition) is 1. The van der Waals surface area contributed by atoms with Gasteiger partial charge in [0.05, 0.1) is 5.92 Å². The molecule has 8 heteroatoms. The van der Waals surface area contributed by atoms with Crippen molar-refractivity contribution in [3.8, 4) is 0 Å². The second kappa shape index (κ2) is 8.29. The van der Waals surface area contributed by atoms with Crippen molar-refractivity contribution in [2.75, 3.05) is 11.4 Å². The molecule has 0 spiro atoms. The third-order valence-corrected chi connectivity index (χ3v) is 5.43. The number of carbonyl (C=O) groups is 2. The number of nitrogens with one attached hydrogen (secondary N) is 1. The highest BCUT2D eigenvalue weighted by Gasteiger charge is 2.35. The molecule has 3 aromatic rings. The minimum atomic E-state index is -0.316. The van der Waals surface area contributed by atoms with Crippen LogP contribution in [-0.4, -0.2) is 33.1 Å². The molecule has 31 heavy (non-hydrogen) atoms. The first-order valence-electron chi connectivity index (χ1n) is 10.2. The van der Waals surface area contributed by atoms with Gasteiger partial charge in [-0.15, -0.1) is 0 Å². The van der Waals surface area contributed by atoms with Crippen molar-refractivity contribution < 1.29 is 14.0 Å². The molecular weight excluding hydrogens is 397 g/mol. The Hall–Kier alpha value is -3.55. The van der Waals surface area contributed by atoms with Crippen molar-refractivity contribution in [2.45, 2.75) is 39.3 Å². The monoisotopic (exact) mass is 421 g/mol. The van der Waals surface area contributed by atoms with E-state index in [-0.39, 0.29) is 29.6 Å². The molecule has 1 N–H and O–H groups in total. The quantitative estimate of drug-likeness (QED) is 0.685. The van der Waals surface area contributed by atoms with Gasteiger partial charge in [-0.1, -0.05) is 12.1 Å². The number of aromatic nitrogens is 3. The number of carbonyl (C=O) groups excluding carboxylic acids is 2. The molecule has 7 nitrogen and oxygen atoms in total. The Morgan fingerprint density at radius 2 is 1.94 bits per heavy atom. The number of rotatable bonds is 5. The third kappa shape index (κ3) is 4.19. The van der Waals surface area contributed by atoms with E-state index in [1.54, 1.807) is 46.2 Å². The second-order valence-corrected chi connectivity index (χ2v) is 7.94. The lowest BCUT2D eigenvalue weighted by molar-refractivity contribution is -0.116. The van der Waals surface area contributed by atoms with Gasteiger partial charge < -0.3 is 10.2 Å². The Balaban J connectivity index is 1.60. The van der Waals surface area contributed by atoms with Crippen LogP contribution in [0.5, 0.6) is 0 Å². The lowest BCUT2D eigenvalue weighted by atomic mass is 9.98. The zero-order valence-electron chi connectivity index (χ0n) is 17.7. The van der Waals surface area contributed by atoms with Crippen molar-refractivity contribution in [2.24, 2.45) is 0 Å². The molecule has 1 aromatic heterocycles. The SMILES string of the molecule is CC(=O)N1C[C@@H](c2ncn(C(C)C)n2)c2cc(C(=O)NCc3ccc(F)cc3)ccc21. The fourth-order valence-electron chi connectivity index (χ4n) is 3.70. The molecular formula is C23H24FN5O2. The number of anilines is 1. The molecule has 0 bridgehead atoms. The fraction of sp³-hybridized carbons (Fsp3) is 0.304. The maximum Gasteiger partial charge on any atom is 0.251 e. The van der Waals surface area contributed by atoms with Gasteiger partial charge in [-0.25, -0.2) is 9.37 Å². The Bertz CT molecular complexity index is 1120. The summed E-state index contributed by atoms with van der Waals surface area (Å²) < 4.78 is 14.8. The summed E-state index contributed by atoms with van der Waals surface area (Å²) >= 11 is 0. The number of nitrogens with zero attached hydrogens (tertiary/aromatic N) is 4. The van der Waals surface area contributed by atoms with Gasteiger partial charge in [-0.3, -0.25) is 14.3 Å². The first-order chi connectivity index (χ1) is 14.8. The molecule has 1 atom stereocenters. The summed E-state index contributed by atoms with van der Waals surface area (Å²) in [5, 5.41) is 7.43. The van der Waals surface area contributed by atoms with Gasteiger partial charge in [-0.05, 0) is 55.3 Å². The molecule has 1 aliphatic rings. The number of halogens is 1. The van der Waals surface area contributed by atoms with Crippen LogP contribution < -0.4 is 10.2 Å². The smallest absolute Gasteiger partial charge is 0.251 e. The van der Waals surface area contributed by atoms with Crippen LogP contribution in [0.1, 0.15) is 60.0 Å². The summed E-state index contributed by atoms with van der Waals surface area (Å²) in [4.78, 5) is 31.1. The first-order valence-corrected chi connectivity index (χ1v) is 10.2. The number of hydrogen-bond acceptors (Lipinski definition) is 4. The van der Waals surface area contributed by atoms with Crippen LogP contribution in [-0.2, 0) is 11.3 Å². The minimum absolute atomic E-state index is 0.0689. The average molecular weight is 421 g/mol. The van der Waals surface area contributed by atoms with Gasteiger partial charge in [0.15, 0.2) is 5.82 Å². The van der Waals surface area contributed by atoms with Crippen molar-refractivity contribution in [3.63, 3.8) is 0 Å². The molecule has 0 saturated carbocycles. The van der Waals surface area contributed by atoms with E-state index in [9.17, 15) is 14.0 Å². The highest BCUT2D eigenvalue weighted by Crippen LogP contribution is 2.39. The van der Waals surface area contributed by atoms with E-state index in [0.717, 1.165) is 16.8 Å². The van der Waals surface area contributed by atoms with Gasteiger partial charge in [0.2, 0.25) is 5.91 Å². The Morgan fingerprint density at radius 1 is 1.19 bits per heavy atom. The molecule has 0 radical (unpaired) electrons. The van der Waals surface area contributed by atoms with E-state index in [1.165, 1.54) is 19.1 Å². The van der Waals surface area contributed by atoms with Crippen molar-refractivity contribution in [1.82, 2.24) is 20.1 Å². The molecule has 1 aliphatic heterocycles. The zero-order valence-corrected chi connectivity index (χ0v) is 17.7. The normalized spacial score (nSPS) is 15.3. The van der Waals surface area contributed by atoms with E-state index >= 15 is 0 Å². The molecule has 0 aliphatic carbocycles. The number of benzene rings is 2. The molecule has 0 unspecified atom stereocenters. The Kier molecular flexibility index (Phi) is 5.54. The van der Waals surface area contributed by atoms with E-state index < -0.39 is 0 Å². The van der Waals surface area contributed by atoms with Crippen molar-refractivity contribution >= 4 is 17.5 Å². The maximum atomic E-state index is 13.1. The second-order valence-electron chi connectivity index (χ2n) is 7.94. The highest BCUT2D eigenvalue weighted by atomic mass is 19.1. The Morgan fingerprint density at radius 3 is 2.58 bits per heavy atom. The van der Waals surface area contributed by atoms with Gasteiger partial charge >= 0.3 is 0 Å². The lowest BCUT2D eigenvalue weighted by Gasteiger charge is -2.15. The van der Waals surface area contributed by atoms with E-state index in [4.69, 9.17) is 0 Å². The molecule has 4 rings (SSSR count). The number of fused-ring (bicyclic) bond motifs is 1. The van der Waals surface area contributed by atoms with Gasteiger partial charge in [0.25, 0.3) is 5.91 Å². The standard InChI is InChI=1S/C23H24FN5O2/c1-14(2)29-13-26-22(27-29)20-12-28(15(3)30)21-9-6-17(10-19(20)21)23(31)25-11-16-4-7-18(24)8-5-16/h4-10,13-14,20H,11-12H2,1-3H3,(H,25,31)/t20-/m1/s1. The number of amides is 2. The van der Waals surface area contributed by atoms with Gasteiger partial charge in [-0.2, -0.15) is 5.10 Å². The average Bonchev–Trinajstić information content (AvgIpc) is 3.37. The molecule has 0 saturated heterocycles. The van der Waals surface area contributed by atoms with Crippen LogP contribution in [0.25, 0.3) is 0 Å². The maximum absolute atomic E-state index is 13.1. The first kappa shape index (κ1) is 20.7. The van der Waals surface area contributed by atoms with Crippen LogP contribution in [0.4, 0.5) is 10.1 Å². The highest BCUT2D eigenvalue weighted by molar-refractivity contribution is 5.98. The molecule has 2 aromatic carbocycles. The molecule has 2 heterocycles. The predicted octanol–water partition coefficient (Wildman–Crippen LogP) is 3.43. The van der Waals surface area contributed by atoms with Gasteiger partial charge in [0.1, 0.15) is 12.1 Å². The van der Waals surface area contributed by atoms with Crippen LogP contribution in [0.3, 0.4) is 0 Å². The minimum Gasteiger partial charge on any atom is -0.348 e. The summed E-state index contributed by atoms with van der Waals surface area (Å²) in [6, 6.07) is 11.5. The molecule has 2 amide bonds. The largest absolute Gasteiger partial charge is 0.348 e. The third-order valence-electron chi connectivity index (χ3n) is 5.43. The molecule has 0 fully saturated rings. The lowest BCUT2D eigenvalue weighted by Crippen LogP contribution is -2.27.